The van der Waals surface area contributed by atoms with Gasteiger partial charge in [-0.2, -0.15) is 4.31 Å². The first-order chi connectivity index (χ1) is 9.36. The third-order valence-corrected chi connectivity index (χ3v) is 5.36. The van der Waals surface area contributed by atoms with Gasteiger partial charge in [-0.1, -0.05) is 46.0 Å². The summed E-state index contributed by atoms with van der Waals surface area (Å²) in [6, 6.07) is -0.986. The lowest BCUT2D eigenvalue weighted by Crippen LogP contribution is -2.44. The van der Waals surface area contributed by atoms with Crippen LogP contribution in [0.3, 0.4) is 0 Å². The zero-order valence-corrected chi connectivity index (χ0v) is 13.8. The third kappa shape index (κ3) is 7.24. The summed E-state index contributed by atoms with van der Waals surface area (Å²) >= 11 is 0. The Morgan fingerprint density at radius 3 is 2.10 bits per heavy atom. The second kappa shape index (κ2) is 10.2. The zero-order valence-electron chi connectivity index (χ0n) is 13.0. The number of unbranched alkanes of at least 4 members (excludes halogenated alkanes) is 5. The van der Waals surface area contributed by atoms with E-state index in [0.717, 1.165) is 23.6 Å². The summed E-state index contributed by atoms with van der Waals surface area (Å²) < 4.78 is 25.6. The van der Waals surface area contributed by atoms with Crippen molar-refractivity contribution in [2.75, 3.05) is 12.3 Å². The van der Waals surface area contributed by atoms with Gasteiger partial charge in [0.2, 0.25) is 10.0 Å². The van der Waals surface area contributed by atoms with Crippen LogP contribution in [0.2, 0.25) is 0 Å². The number of carbonyl (C=O) groups is 1. The Balaban J connectivity index is 4.38. The van der Waals surface area contributed by atoms with Gasteiger partial charge in [-0.05, 0) is 19.8 Å². The van der Waals surface area contributed by atoms with Crippen LogP contribution in [-0.2, 0) is 14.8 Å². The number of rotatable bonds is 12. The van der Waals surface area contributed by atoms with Gasteiger partial charge in [0.25, 0.3) is 0 Å². The van der Waals surface area contributed by atoms with Crippen LogP contribution in [0.4, 0.5) is 0 Å². The van der Waals surface area contributed by atoms with Crippen molar-refractivity contribution < 1.29 is 18.3 Å². The molecule has 0 amide bonds. The summed E-state index contributed by atoms with van der Waals surface area (Å²) in [5.74, 6) is -1.04. The molecule has 0 rings (SSSR count). The smallest absolute Gasteiger partial charge is 0.321 e. The lowest BCUT2D eigenvalue weighted by Gasteiger charge is -2.25. The topological polar surface area (TPSA) is 74.7 Å². The second-order valence-electron chi connectivity index (χ2n) is 5.21. The number of hydrogen-bond acceptors (Lipinski definition) is 3. The second-order valence-corrected chi connectivity index (χ2v) is 7.25. The lowest BCUT2D eigenvalue weighted by molar-refractivity contribution is -0.140. The van der Waals surface area contributed by atoms with Crippen LogP contribution in [0.1, 0.15) is 65.7 Å². The van der Waals surface area contributed by atoms with Crippen LogP contribution in [0.15, 0.2) is 0 Å². The summed E-state index contributed by atoms with van der Waals surface area (Å²) in [7, 11) is -3.47. The van der Waals surface area contributed by atoms with E-state index in [0.29, 0.717) is 12.8 Å². The number of nitrogens with zero attached hydrogens (tertiary/aromatic N) is 1. The monoisotopic (exact) mass is 307 g/mol. The zero-order chi connectivity index (χ0) is 15.6. The molecule has 0 aliphatic heterocycles. The van der Waals surface area contributed by atoms with Gasteiger partial charge < -0.3 is 5.11 Å². The minimum Gasteiger partial charge on any atom is -0.480 e. The molecule has 0 heterocycles. The van der Waals surface area contributed by atoms with E-state index in [1.807, 2.05) is 6.92 Å². The van der Waals surface area contributed by atoms with Gasteiger partial charge in [-0.3, -0.25) is 4.79 Å². The molecular formula is C14H29NO4S. The van der Waals surface area contributed by atoms with Crippen LogP contribution in [0, 0.1) is 0 Å². The molecule has 0 spiro atoms. The maximum absolute atomic E-state index is 12.2. The maximum atomic E-state index is 12.2. The molecule has 0 fully saturated rings. The fraction of sp³-hybridized carbons (Fsp3) is 0.929. The van der Waals surface area contributed by atoms with E-state index in [9.17, 15) is 13.2 Å². The van der Waals surface area contributed by atoms with Crippen molar-refractivity contribution in [3.05, 3.63) is 0 Å². The summed E-state index contributed by atoms with van der Waals surface area (Å²) in [6.07, 6.45) is 6.66. The minimum atomic E-state index is -3.47. The highest BCUT2D eigenvalue weighted by atomic mass is 32.2. The molecule has 0 bridgehead atoms. The molecule has 0 aliphatic carbocycles. The molecule has 0 saturated heterocycles. The molecule has 0 aromatic heterocycles. The van der Waals surface area contributed by atoms with Crippen molar-refractivity contribution in [3.63, 3.8) is 0 Å². The van der Waals surface area contributed by atoms with Crippen molar-refractivity contribution in [1.29, 1.82) is 0 Å². The SMILES string of the molecule is CCCCCCCCS(=O)(=O)N(CCC)[C@@H](C)C(=O)O. The van der Waals surface area contributed by atoms with Crippen LogP contribution in [-0.4, -0.2) is 42.1 Å². The highest BCUT2D eigenvalue weighted by Gasteiger charge is 2.30. The molecule has 0 unspecified atom stereocenters. The standard InChI is InChI=1S/C14H29NO4S/c1-4-6-7-8-9-10-12-20(18,19)15(11-5-2)13(3)14(16)17/h13H,4-12H2,1-3H3,(H,16,17)/t13-/m0/s1. The predicted molar refractivity (Wildman–Crippen MR) is 81.3 cm³/mol. The third-order valence-electron chi connectivity index (χ3n) is 3.35. The van der Waals surface area contributed by atoms with E-state index in [4.69, 9.17) is 5.11 Å². The molecule has 1 N–H and O–H groups in total. The van der Waals surface area contributed by atoms with Crippen molar-refractivity contribution in [3.8, 4) is 0 Å². The van der Waals surface area contributed by atoms with Crippen LogP contribution in [0.5, 0.6) is 0 Å². The molecule has 1 atom stereocenters. The van der Waals surface area contributed by atoms with Crippen molar-refractivity contribution in [2.45, 2.75) is 71.8 Å². The van der Waals surface area contributed by atoms with Gasteiger partial charge >= 0.3 is 5.97 Å². The predicted octanol–water partition coefficient (Wildman–Crippen LogP) is 2.86. The molecule has 0 radical (unpaired) electrons. The number of sulfonamides is 1. The molecule has 120 valence electrons. The first kappa shape index (κ1) is 19.4. The molecule has 0 saturated carbocycles. The Hall–Kier alpha value is -0.620. The molecule has 20 heavy (non-hydrogen) atoms. The van der Waals surface area contributed by atoms with Gasteiger partial charge in [0.15, 0.2) is 0 Å². The Kier molecular flexibility index (Phi) is 9.84. The van der Waals surface area contributed by atoms with Crippen molar-refractivity contribution in [1.82, 2.24) is 4.31 Å². The normalized spacial score (nSPS) is 13.6. The fourth-order valence-corrected chi connectivity index (χ4v) is 3.94. The van der Waals surface area contributed by atoms with E-state index in [-0.39, 0.29) is 12.3 Å². The van der Waals surface area contributed by atoms with Gasteiger partial charge in [0.05, 0.1) is 5.75 Å². The van der Waals surface area contributed by atoms with E-state index in [1.165, 1.54) is 19.8 Å². The summed E-state index contributed by atoms with van der Waals surface area (Å²) in [5.41, 5.74) is 0. The summed E-state index contributed by atoms with van der Waals surface area (Å²) in [5, 5.41) is 9.00. The summed E-state index contributed by atoms with van der Waals surface area (Å²) in [6.45, 7) is 5.69. The highest BCUT2D eigenvalue weighted by molar-refractivity contribution is 7.89. The highest BCUT2D eigenvalue weighted by Crippen LogP contribution is 2.13. The minimum absolute atomic E-state index is 0.0523. The molecule has 0 aromatic rings. The van der Waals surface area contributed by atoms with Crippen LogP contribution >= 0.6 is 0 Å². The van der Waals surface area contributed by atoms with Gasteiger partial charge in [0, 0.05) is 6.54 Å². The fourth-order valence-electron chi connectivity index (χ4n) is 2.10. The summed E-state index contributed by atoms with van der Waals surface area (Å²) in [4.78, 5) is 11.0. The first-order valence-electron chi connectivity index (χ1n) is 7.59. The number of carboxylic acids is 1. The Morgan fingerprint density at radius 2 is 1.60 bits per heavy atom. The molecular weight excluding hydrogens is 278 g/mol. The van der Waals surface area contributed by atoms with E-state index >= 15 is 0 Å². The van der Waals surface area contributed by atoms with E-state index in [1.54, 1.807) is 0 Å². The quantitative estimate of drug-likeness (QED) is 0.563. The lowest BCUT2D eigenvalue weighted by atomic mass is 10.1. The Morgan fingerprint density at radius 1 is 1.05 bits per heavy atom. The molecule has 6 heteroatoms. The Labute approximate surface area is 123 Å². The number of carboxylic acid groups (broad SMARTS) is 1. The molecule has 5 nitrogen and oxygen atoms in total. The number of hydrogen-bond donors (Lipinski definition) is 1. The van der Waals surface area contributed by atoms with Crippen LogP contribution < -0.4 is 0 Å². The maximum Gasteiger partial charge on any atom is 0.321 e. The molecule has 0 aliphatic rings. The average molecular weight is 307 g/mol. The Bertz CT molecular complexity index is 367. The van der Waals surface area contributed by atoms with Gasteiger partial charge in [-0.25, -0.2) is 8.42 Å². The van der Waals surface area contributed by atoms with E-state index < -0.39 is 22.0 Å². The van der Waals surface area contributed by atoms with Crippen molar-refractivity contribution in [2.24, 2.45) is 0 Å². The van der Waals surface area contributed by atoms with Gasteiger partial charge in [-0.15, -0.1) is 0 Å². The first-order valence-corrected chi connectivity index (χ1v) is 9.20. The van der Waals surface area contributed by atoms with Gasteiger partial charge in [0.1, 0.15) is 6.04 Å². The van der Waals surface area contributed by atoms with Crippen molar-refractivity contribution >= 4 is 16.0 Å². The van der Waals surface area contributed by atoms with E-state index in [2.05, 4.69) is 6.92 Å². The average Bonchev–Trinajstić information content (AvgIpc) is 2.38. The largest absolute Gasteiger partial charge is 0.480 e. The number of aliphatic carboxylic acids is 1. The molecule has 0 aromatic carbocycles. The van der Waals surface area contributed by atoms with Crippen LogP contribution in [0.25, 0.3) is 0 Å².